The Bertz CT molecular complexity index is 1440. The summed E-state index contributed by atoms with van der Waals surface area (Å²) >= 11 is 0. The van der Waals surface area contributed by atoms with Crippen LogP contribution in [0.4, 0.5) is 5.69 Å². The molecule has 4 aliphatic carbocycles. The molecule has 0 amide bonds. The van der Waals surface area contributed by atoms with Gasteiger partial charge in [-0.25, -0.2) is 0 Å². The molecule has 6 nitrogen and oxygen atoms in total. The zero-order valence-electron chi connectivity index (χ0n) is 34.7. The molecule has 0 spiro atoms. The smallest absolute Gasteiger partial charge is 0.123 e. The van der Waals surface area contributed by atoms with Gasteiger partial charge >= 0.3 is 0 Å². The van der Waals surface area contributed by atoms with Crippen LogP contribution in [0.5, 0.6) is 5.75 Å². The number of allylic oxidation sites excluding steroid dienone is 1. The van der Waals surface area contributed by atoms with Crippen LogP contribution in [0.1, 0.15) is 130 Å². The molecule has 3 fully saturated rings. The van der Waals surface area contributed by atoms with E-state index >= 15 is 0 Å². The highest BCUT2D eigenvalue weighted by molar-refractivity contribution is 5.44. The molecule has 0 aromatic carbocycles. The lowest BCUT2D eigenvalue weighted by Gasteiger charge is -2.58. The predicted molar refractivity (Wildman–Crippen MR) is 220 cm³/mol. The number of likely N-dealkylation sites (N-methyl/N-ethyl adjacent to an activating group) is 1. The van der Waals surface area contributed by atoms with Gasteiger partial charge in [-0.3, -0.25) is 14.9 Å². The number of aromatic nitrogens is 2. The second kappa shape index (κ2) is 18.3. The van der Waals surface area contributed by atoms with E-state index in [1.165, 1.54) is 69.9 Å². The van der Waals surface area contributed by atoms with Gasteiger partial charge in [-0.15, -0.1) is 0 Å². The Morgan fingerprint density at radius 1 is 0.923 bits per heavy atom. The van der Waals surface area contributed by atoms with Crippen molar-refractivity contribution in [1.82, 2.24) is 14.9 Å². The molecule has 0 bridgehead atoms. The van der Waals surface area contributed by atoms with Crippen molar-refractivity contribution in [2.45, 2.75) is 138 Å². The summed E-state index contributed by atoms with van der Waals surface area (Å²) in [5.74, 6) is 6.46. The molecule has 2 aromatic heterocycles. The molecule has 52 heavy (non-hydrogen) atoms. The van der Waals surface area contributed by atoms with Crippen LogP contribution in [-0.4, -0.2) is 55.2 Å². The molecule has 2 aromatic rings. The third kappa shape index (κ3) is 9.61. The van der Waals surface area contributed by atoms with E-state index in [-0.39, 0.29) is 0 Å². The Kier molecular flexibility index (Phi) is 14.3. The zero-order chi connectivity index (χ0) is 37.5. The molecule has 4 aliphatic rings. The van der Waals surface area contributed by atoms with Crippen molar-refractivity contribution in [2.75, 3.05) is 39.1 Å². The number of nitrogens with two attached hydrogens (primary N) is 1. The average molecular weight is 714 g/mol. The Balaban J connectivity index is 0.000000293. The normalized spacial score (nSPS) is 30.1. The number of rotatable bonds is 14. The van der Waals surface area contributed by atoms with Gasteiger partial charge in [0, 0.05) is 70.0 Å². The van der Waals surface area contributed by atoms with Crippen LogP contribution in [0, 0.1) is 46.3 Å². The number of aryl methyl sites for hydroxylation is 1. The van der Waals surface area contributed by atoms with Crippen molar-refractivity contribution in [3.8, 4) is 5.75 Å². The van der Waals surface area contributed by atoms with Crippen LogP contribution in [0.25, 0.3) is 0 Å². The minimum Gasteiger partial charge on any atom is -0.490 e. The summed E-state index contributed by atoms with van der Waals surface area (Å²) in [5, 5.41) is 0. The fourth-order valence-corrected chi connectivity index (χ4v) is 11.3. The summed E-state index contributed by atoms with van der Waals surface area (Å²) in [6, 6.07) is 8.34. The third-order valence-electron chi connectivity index (χ3n) is 14.1. The molecule has 0 saturated heterocycles. The number of hydrogen-bond acceptors (Lipinski definition) is 6. The SMILES string of the molecule is CCCc1cc(O[C@H]2CC[C@@]3(C)C(=CC[C@H]4[C@@H]5CC[C@H]([C@H](C)CCCC(C)C)[C@@]5(C)CC[C@@H]43)C2)ccn1.CN(CCN)Cc1cc(N(C)C)ccn1. The van der Waals surface area contributed by atoms with Crippen LogP contribution in [0.3, 0.4) is 0 Å². The van der Waals surface area contributed by atoms with Crippen molar-refractivity contribution < 1.29 is 4.74 Å². The number of hydrogen-bond donors (Lipinski definition) is 1. The maximum absolute atomic E-state index is 6.56. The van der Waals surface area contributed by atoms with Crippen LogP contribution >= 0.6 is 0 Å². The Morgan fingerprint density at radius 3 is 2.42 bits per heavy atom. The molecule has 2 heterocycles. The first-order valence-corrected chi connectivity index (χ1v) is 21.2. The first-order valence-electron chi connectivity index (χ1n) is 21.2. The monoisotopic (exact) mass is 714 g/mol. The molecule has 290 valence electrons. The van der Waals surface area contributed by atoms with Crippen LogP contribution < -0.4 is 15.4 Å². The van der Waals surface area contributed by atoms with Gasteiger partial charge in [-0.1, -0.05) is 78.9 Å². The van der Waals surface area contributed by atoms with Gasteiger partial charge in [-0.05, 0) is 123 Å². The summed E-state index contributed by atoms with van der Waals surface area (Å²) < 4.78 is 6.56. The summed E-state index contributed by atoms with van der Waals surface area (Å²) in [5.41, 5.74) is 11.6. The molecule has 8 atom stereocenters. The Morgan fingerprint density at radius 2 is 1.69 bits per heavy atom. The average Bonchev–Trinajstić information content (AvgIpc) is 3.46. The molecular weight excluding hydrogens is 639 g/mol. The predicted octanol–water partition coefficient (Wildman–Crippen LogP) is 10.4. The van der Waals surface area contributed by atoms with Crippen molar-refractivity contribution in [3.63, 3.8) is 0 Å². The van der Waals surface area contributed by atoms with Gasteiger partial charge in [0.05, 0.1) is 5.69 Å². The van der Waals surface area contributed by atoms with E-state index in [1.807, 2.05) is 32.6 Å². The van der Waals surface area contributed by atoms with E-state index in [0.29, 0.717) is 23.5 Å². The van der Waals surface area contributed by atoms with E-state index in [1.54, 1.807) is 5.57 Å². The summed E-state index contributed by atoms with van der Waals surface area (Å²) in [7, 11) is 6.11. The molecular formula is C46H75N5O. The van der Waals surface area contributed by atoms with E-state index in [0.717, 1.165) is 85.0 Å². The van der Waals surface area contributed by atoms with Crippen molar-refractivity contribution in [2.24, 2.45) is 52.1 Å². The van der Waals surface area contributed by atoms with E-state index in [9.17, 15) is 0 Å². The summed E-state index contributed by atoms with van der Waals surface area (Å²) in [4.78, 5) is 13.1. The number of nitrogens with zero attached hydrogens (tertiary/aromatic N) is 4. The van der Waals surface area contributed by atoms with E-state index in [2.05, 4.69) is 92.6 Å². The van der Waals surface area contributed by atoms with E-state index in [4.69, 9.17) is 10.5 Å². The molecule has 3 saturated carbocycles. The van der Waals surface area contributed by atoms with Crippen molar-refractivity contribution >= 4 is 5.69 Å². The number of ether oxygens (including phenoxy) is 1. The highest BCUT2D eigenvalue weighted by Crippen LogP contribution is 2.67. The van der Waals surface area contributed by atoms with Crippen LogP contribution in [0.2, 0.25) is 0 Å². The molecule has 2 N–H and O–H groups in total. The van der Waals surface area contributed by atoms with Crippen LogP contribution in [-0.2, 0) is 13.0 Å². The highest BCUT2D eigenvalue weighted by atomic mass is 16.5. The minimum absolute atomic E-state index is 0.323. The van der Waals surface area contributed by atoms with E-state index < -0.39 is 0 Å². The lowest BCUT2D eigenvalue weighted by atomic mass is 9.47. The molecule has 6 rings (SSSR count). The second-order valence-corrected chi connectivity index (χ2v) is 18.4. The van der Waals surface area contributed by atoms with Crippen molar-refractivity contribution in [1.29, 1.82) is 0 Å². The van der Waals surface area contributed by atoms with Gasteiger partial charge in [0.15, 0.2) is 0 Å². The van der Waals surface area contributed by atoms with Crippen molar-refractivity contribution in [3.05, 3.63) is 59.7 Å². The van der Waals surface area contributed by atoms with Gasteiger partial charge in [0.2, 0.25) is 0 Å². The minimum atomic E-state index is 0.323. The fraction of sp³-hybridized carbons (Fsp3) is 0.739. The largest absolute Gasteiger partial charge is 0.490 e. The summed E-state index contributed by atoms with van der Waals surface area (Å²) in [6.07, 6.45) is 24.1. The lowest BCUT2D eigenvalue weighted by Crippen LogP contribution is -2.51. The molecule has 0 unspecified atom stereocenters. The zero-order valence-corrected chi connectivity index (χ0v) is 34.7. The van der Waals surface area contributed by atoms with Gasteiger partial charge in [-0.2, -0.15) is 0 Å². The molecule has 0 aliphatic heterocycles. The molecule has 6 heteroatoms. The van der Waals surface area contributed by atoms with Gasteiger partial charge in [0.25, 0.3) is 0 Å². The maximum atomic E-state index is 6.56. The maximum Gasteiger partial charge on any atom is 0.123 e. The number of anilines is 1. The highest BCUT2D eigenvalue weighted by Gasteiger charge is 2.59. The second-order valence-electron chi connectivity index (χ2n) is 18.4. The summed E-state index contributed by atoms with van der Waals surface area (Å²) in [6.45, 7) is 17.4. The quantitative estimate of drug-likeness (QED) is 0.197. The Hall–Kier alpha value is -2.44. The standard InChI is InChI=1S/C35H55NO.C11H20N4/c1-7-9-27-23-29(18-21-36-27)37-28-16-19-34(5)26(22-28)12-13-30-32-15-14-31(25(4)11-8-10-24(2)3)35(32,6)20-17-33(30)34;1-14(2)11-4-6-13-10(8-11)9-15(3)7-5-12/h12,18,21,23-25,28,30-33H,7-11,13-17,19-20,22H2,1-6H3;4,6,8H,5,7,9,12H2,1-3H3/t25-,28+,30+,31-,32+,33+,34+,35-;/m1./s1. The number of pyridine rings is 2. The van der Waals surface area contributed by atoms with Crippen LogP contribution in [0.15, 0.2) is 48.3 Å². The first kappa shape index (κ1) is 40.7. The first-order chi connectivity index (χ1) is 24.9. The lowest BCUT2D eigenvalue weighted by molar-refractivity contribution is -0.0559. The fourth-order valence-electron chi connectivity index (χ4n) is 11.3. The van der Waals surface area contributed by atoms with Gasteiger partial charge < -0.3 is 15.4 Å². The molecule has 0 radical (unpaired) electrons. The third-order valence-corrected chi connectivity index (χ3v) is 14.1. The topological polar surface area (TPSA) is 67.5 Å². The number of fused-ring (bicyclic) bond motifs is 5. The van der Waals surface area contributed by atoms with Gasteiger partial charge in [0.1, 0.15) is 11.9 Å². The Labute approximate surface area is 318 Å².